The van der Waals surface area contributed by atoms with Gasteiger partial charge in [-0.3, -0.25) is 4.79 Å². The van der Waals surface area contributed by atoms with Crippen LogP contribution in [0.5, 0.6) is 0 Å². The summed E-state index contributed by atoms with van der Waals surface area (Å²) < 4.78 is 36.9. The lowest BCUT2D eigenvalue weighted by Gasteiger charge is -2.06. The van der Waals surface area contributed by atoms with Gasteiger partial charge in [-0.25, -0.2) is 4.98 Å². The highest BCUT2D eigenvalue weighted by Crippen LogP contribution is 2.29. The number of halogens is 3. The Hall–Kier alpha value is -1.18. The highest BCUT2D eigenvalue weighted by Gasteiger charge is 2.37. The molecule has 0 spiro atoms. The number of nitrogens with zero attached hydrogens (tertiary/aromatic N) is 1. The Morgan fingerprint density at radius 3 is 2.80 bits per heavy atom. The zero-order valence-electron chi connectivity index (χ0n) is 7.43. The molecular weight excluding hydrogens is 231 g/mol. The molecule has 0 aliphatic heterocycles. The SMILES string of the molecule is O=C(NCCS)c1nc[nH]c1C(F)(F)F. The Bertz CT molecular complexity index is 349. The standard InChI is InChI=1S/C7H8F3N3OS/c8-7(9,10)5-4(12-3-13-5)6(14)11-1-2-15/h3,15H,1-2H2,(H,11,14)(H,12,13). The summed E-state index contributed by atoms with van der Waals surface area (Å²) in [6.45, 7) is 0.187. The molecule has 1 aromatic rings. The summed E-state index contributed by atoms with van der Waals surface area (Å²) in [5, 5.41) is 2.25. The molecule has 0 bridgehead atoms. The van der Waals surface area contributed by atoms with Gasteiger partial charge >= 0.3 is 6.18 Å². The van der Waals surface area contributed by atoms with Crippen molar-refractivity contribution in [2.24, 2.45) is 0 Å². The number of aromatic amines is 1. The van der Waals surface area contributed by atoms with E-state index in [1.54, 1.807) is 0 Å². The molecule has 4 nitrogen and oxygen atoms in total. The summed E-state index contributed by atoms with van der Waals surface area (Å²) in [6, 6.07) is 0. The molecule has 8 heteroatoms. The van der Waals surface area contributed by atoms with Crippen LogP contribution in [0.15, 0.2) is 6.33 Å². The van der Waals surface area contributed by atoms with Gasteiger partial charge in [0.25, 0.3) is 5.91 Å². The van der Waals surface area contributed by atoms with Gasteiger partial charge in [-0.2, -0.15) is 25.8 Å². The van der Waals surface area contributed by atoms with E-state index in [1.807, 2.05) is 4.98 Å². The number of thiol groups is 1. The maximum absolute atomic E-state index is 12.3. The van der Waals surface area contributed by atoms with Crippen LogP contribution in [-0.2, 0) is 6.18 Å². The fourth-order valence-electron chi connectivity index (χ4n) is 0.936. The minimum absolute atomic E-state index is 0.187. The van der Waals surface area contributed by atoms with Crippen molar-refractivity contribution in [1.82, 2.24) is 15.3 Å². The van der Waals surface area contributed by atoms with E-state index in [2.05, 4.69) is 22.9 Å². The van der Waals surface area contributed by atoms with Crippen LogP contribution in [0.2, 0.25) is 0 Å². The van der Waals surface area contributed by atoms with Crippen molar-refractivity contribution in [3.05, 3.63) is 17.7 Å². The molecule has 1 aromatic heterocycles. The number of H-pyrrole nitrogens is 1. The van der Waals surface area contributed by atoms with Crippen molar-refractivity contribution in [3.63, 3.8) is 0 Å². The van der Waals surface area contributed by atoms with Gasteiger partial charge < -0.3 is 10.3 Å². The molecule has 1 heterocycles. The summed E-state index contributed by atoms with van der Waals surface area (Å²) in [5.74, 6) is -0.519. The first-order chi connectivity index (χ1) is 6.96. The van der Waals surface area contributed by atoms with Gasteiger partial charge in [0.2, 0.25) is 0 Å². The molecule has 0 radical (unpaired) electrons. The summed E-state index contributed by atoms with van der Waals surface area (Å²) in [4.78, 5) is 16.4. The molecule has 84 valence electrons. The maximum atomic E-state index is 12.3. The number of carbonyl (C=O) groups excluding carboxylic acids is 1. The number of alkyl halides is 3. The number of imidazole rings is 1. The fourth-order valence-corrected chi connectivity index (χ4v) is 1.05. The molecule has 15 heavy (non-hydrogen) atoms. The summed E-state index contributed by atoms with van der Waals surface area (Å²) in [7, 11) is 0. The Balaban J connectivity index is 2.86. The first kappa shape index (κ1) is 11.9. The number of hydrogen-bond donors (Lipinski definition) is 3. The summed E-state index contributed by atoms with van der Waals surface area (Å²) in [5.41, 5.74) is -1.79. The topological polar surface area (TPSA) is 57.8 Å². The van der Waals surface area contributed by atoms with E-state index in [4.69, 9.17) is 0 Å². The zero-order chi connectivity index (χ0) is 11.5. The van der Waals surface area contributed by atoms with Gasteiger partial charge in [0.1, 0.15) is 0 Å². The van der Waals surface area contributed by atoms with E-state index in [9.17, 15) is 18.0 Å². The minimum atomic E-state index is -4.61. The largest absolute Gasteiger partial charge is 0.433 e. The number of amides is 1. The third-order valence-corrected chi connectivity index (χ3v) is 1.76. The smallest absolute Gasteiger partial charge is 0.350 e. The molecule has 0 unspecified atom stereocenters. The zero-order valence-corrected chi connectivity index (χ0v) is 8.32. The first-order valence-electron chi connectivity index (χ1n) is 3.96. The average Bonchev–Trinajstić information content (AvgIpc) is 2.61. The second kappa shape index (κ2) is 4.56. The second-order valence-electron chi connectivity index (χ2n) is 2.60. The Kier molecular flexibility index (Phi) is 3.61. The van der Waals surface area contributed by atoms with Gasteiger partial charge in [0.05, 0.1) is 6.33 Å². The van der Waals surface area contributed by atoms with Crippen LogP contribution in [0.25, 0.3) is 0 Å². The molecule has 2 N–H and O–H groups in total. The predicted octanol–water partition coefficient (Wildman–Crippen LogP) is 1.09. The molecular formula is C7H8F3N3OS. The molecule has 0 atom stereocenters. The van der Waals surface area contributed by atoms with Crippen molar-refractivity contribution in [3.8, 4) is 0 Å². The lowest BCUT2D eigenvalue weighted by atomic mass is 10.3. The summed E-state index contributed by atoms with van der Waals surface area (Å²) in [6.07, 6.45) is -3.78. The third kappa shape index (κ3) is 2.88. The van der Waals surface area contributed by atoms with Gasteiger partial charge in [-0.05, 0) is 0 Å². The van der Waals surface area contributed by atoms with Crippen molar-refractivity contribution < 1.29 is 18.0 Å². The number of hydrogen-bond acceptors (Lipinski definition) is 3. The van der Waals surface area contributed by atoms with Crippen LogP contribution >= 0.6 is 12.6 Å². The van der Waals surface area contributed by atoms with E-state index in [0.717, 1.165) is 6.33 Å². The molecule has 0 aliphatic rings. The molecule has 0 fully saturated rings. The maximum Gasteiger partial charge on any atom is 0.433 e. The number of nitrogens with one attached hydrogen (secondary N) is 2. The highest BCUT2D eigenvalue weighted by atomic mass is 32.1. The van der Waals surface area contributed by atoms with E-state index >= 15 is 0 Å². The summed E-state index contributed by atoms with van der Waals surface area (Å²) >= 11 is 3.81. The van der Waals surface area contributed by atoms with Crippen LogP contribution < -0.4 is 5.32 Å². The molecule has 0 aliphatic carbocycles. The quantitative estimate of drug-likeness (QED) is 0.691. The van der Waals surface area contributed by atoms with Crippen molar-refractivity contribution in [1.29, 1.82) is 0 Å². The Labute approximate surface area is 88.7 Å². The van der Waals surface area contributed by atoms with Gasteiger partial charge in [0, 0.05) is 12.3 Å². The second-order valence-corrected chi connectivity index (χ2v) is 3.05. The average molecular weight is 239 g/mol. The highest BCUT2D eigenvalue weighted by molar-refractivity contribution is 7.80. The van der Waals surface area contributed by atoms with Crippen LogP contribution in [0.3, 0.4) is 0 Å². The molecule has 1 rings (SSSR count). The van der Waals surface area contributed by atoms with E-state index in [1.165, 1.54) is 0 Å². The van der Waals surface area contributed by atoms with Gasteiger partial charge in [0.15, 0.2) is 11.4 Å². The lowest BCUT2D eigenvalue weighted by Crippen LogP contribution is -2.28. The van der Waals surface area contributed by atoms with Gasteiger partial charge in [-0.15, -0.1) is 0 Å². The van der Waals surface area contributed by atoms with Crippen molar-refractivity contribution in [2.75, 3.05) is 12.3 Å². The minimum Gasteiger partial charge on any atom is -0.350 e. The number of rotatable bonds is 3. The van der Waals surface area contributed by atoms with Crippen LogP contribution in [-0.4, -0.2) is 28.2 Å². The van der Waals surface area contributed by atoms with Gasteiger partial charge in [-0.1, -0.05) is 0 Å². The van der Waals surface area contributed by atoms with Crippen LogP contribution in [0, 0.1) is 0 Å². The Morgan fingerprint density at radius 1 is 1.60 bits per heavy atom. The normalized spacial score (nSPS) is 11.5. The molecule has 0 saturated carbocycles. The van der Waals surface area contributed by atoms with Crippen molar-refractivity contribution >= 4 is 18.5 Å². The predicted molar refractivity (Wildman–Crippen MR) is 49.8 cm³/mol. The Morgan fingerprint density at radius 2 is 2.27 bits per heavy atom. The van der Waals surface area contributed by atoms with Crippen LogP contribution in [0.1, 0.15) is 16.2 Å². The number of aromatic nitrogens is 2. The van der Waals surface area contributed by atoms with Crippen LogP contribution in [0.4, 0.5) is 13.2 Å². The third-order valence-electron chi connectivity index (χ3n) is 1.54. The molecule has 0 saturated heterocycles. The van der Waals surface area contributed by atoms with E-state index in [0.29, 0.717) is 5.75 Å². The number of carbonyl (C=O) groups is 1. The molecule has 0 aromatic carbocycles. The fraction of sp³-hybridized carbons (Fsp3) is 0.429. The monoisotopic (exact) mass is 239 g/mol. The lowest BCUT2D eigenvalue weighted by molar-refractivity contribution is -0.141. The van der Waals surface area contributed by atoms with E-state index < -0.39 is 23.5 Å². The molecule has 1 amide bonds. The first-order valence-corrected chi connectivity index (χ1v) is 4.59. The van der Waals surface area contributed by atoms with E-state index in [-0.39, 0.29) is 6.54 Å². The van der Waals surface area contributed by atoms with Crippen molar-refractivity contribution in [2.45, 2.75) is 6.18 Å².